The van der Waals surface area contributed by atoms with Crippen LogP contribution < -0.4 is 10.5 Å². The van der Waals surface area contributed by atoms with Crippen LogP contribution >= 0.6 is 0 Å². The van der Waals surface area contributed by atoms with E-state index >= 15 is 0 Å². The molecule has 0 saturated heterocycles. The molecule has 0 unspecified atom stereocenters. The molecule has 1 aromatic rings. The Morgan fingerprint density at radius 3 is 2.47 bits per heavy atom. The lowest BCUT2D eigenvalue weighted by Crippen LogP contribution is -2.34. The molecule has 0 bridgehead atoms. The zero-order chi connectivity index (χ0) is 12.5. The van der Waals surface area contributed by atoms with Gasteiger partial charge in [-0.3, -0.25) is 0 Å². The first-order valence-electron chi connectivity index (χ1n) is 6.58. The Kier molecular flexibility index (Phi) is 3.43. The molecular formula is C15H23NO. The first-order chi connectivity index (χ1) is 8.01. The molecule has 0 heterocycles. The Balaban J connectivity index is 2.39. The van der Waals surface area contributed by atoms with Gasteiger partial charge >= 0.3 is 0 Å². The van der Waals surface area contributed by atoms with Crippen LogP contribution in [0.3, 0.4) is 0 Å². The Bertz CT molecular complexity index is 392. The third kappa shape index (κ3) is 2.63. The van der Waals surface area contributed by atoms with Gasteiger partial charge in [-0.1, -0.05) is 30.5 Å². The van der Waals surface area contributed by atoms with Gasteiger partial charge in [0.1, 0.15) is 5.75 Å². The third-order valence-electron chi connectivity index (χ3n) is 3.53. The molecule has 1 aromatic carbocycles. The number of hydrogen-bond acceptors (Lipinski definition) is 2. The number of hydrogen-bond donors (Lipinski definition) is 1. The summed E-state index contributed by atoms with van der Waals surface area (Å²) in [6, 6.07) is 6.36. The maximum atomic E-state index is 6.55. The molecule has 0 amide bonds. The fourth-order valence-electron chi connectivity index (χ4n) is 2.66. The van der Waals surface area contributed by atoms with E-state index in [1.807, 2.05) is 0 Å². The summed E-state index contributed by atoms with van der Waals surface area (Å²) in [5, 5.41) is 0. The Labute approximate surface area is 104 Å². The van der Waals surface area contributed by atoms with Crippen LogP contribution in [0.5, 0.6) is 5.75 Å². The summed E-state index contributed by atoms with van der Waals surface area (Å²) in [5.74, 6) is 0.968. The van der Waals surface area contributed by atoms with Crippen LogP contribution in [0, 0.1) is 6.92 Å². The smallest absolute Gasteiger partial charge is 0.124 e. The van der Waals surface area contributed by atoms with E-state index in [1.54, 1.807) is 0 Å². The van der Waals surface area contributed by atoms with Crippen LogP contribution in [0.25, 0.3) is 0 Å². The highest BCUT2D eigenvalue weighted by Gasteiger charge is 2.34. The average molecular weight is 233 g/mol. The van der Waals surface area contributed by atoms with Gasteiger partial charge in [-0.05, 0) is 39.7 Å². The molecule has 1 fully saturated rings. The highest BCUT2D eigenvalue weighted by Crippen LogP contribution is 2.41. The van der Waals surface area contributed by atoms with Crippen molar-refractivity contribution in [2.45, 2.75) is 58.1 Å². The van der Waals surface area contributed by atoms with Gasteiger partial charge in [0.25, 0.3) is 0 Å². The Morgan fingerprint density at radius 2 is 1.88 bits per heavy atom. The van der Waals surface area contributed by atoms with Crippen molar-refractivity contribution in [2.75, 3.05) is 0 Å². The monoisotopic (exact) mass is 233 g/mol. The normalized spacial score (nSPS) is 18.6. The molecule has 1 aliphatic rings. The predicted molar refractivity (Wildman–Crippen MR) is 71.3 cm³/mol. The van der Waals surface area contributed by atoms with Crippen molar-refractivity contribution in [3.8, 4) is 5.75 Å². The van der Waals surface area contributed by atoms with Gasteiger partial charge in [0.2, 0.25) is 0 Å². The highest BCUT2D eigenvalue weighted by molar-refractivity contribution is 5.42. The van der Waals surface area contributed by atoms with Gasteiger partial charge in [0, 0.05) is 11.1 Å². The van der Waals surface area contributed by atoms with Crippen LogP contribution in [0.4, 0.5) is 0 Å². The maximum absolute atomic E-state index is 6.55. The Hall–Kier alpha value is -1.02. The Morgan fingerprint density at radius 1 is 1.24 bits per heavy atom. The van der Waals surface area contributed by atoms with Gasteiger partial charge in [-0.15, -0.1) is 0 Å². The van der Waals surface area contributed by atoms with Crippen molar-refractivity contribution in [2.24, 2.45) is 5.73 Å². The van der Waals surface area contributed by atoms with E-state index in [-0.39, 0.29) is 11.6 Å². The number of aryl methyl sites for hydroxylation is 1. The fraction of sp³-hybridized carbons (Fsp3) is 0.600. The summed E-state index contributed by atoms with van der Waals surface area (Å²) in [4.78, 5) is 0. The highest BCUT2D eigenvalue weighted by atomic mass is 16.5. The lowest BCUT2D eigenvalue weighted by Gasteiger charge is -2.28. The summed E-state index contributed by atoms with van der Waals surface area (Å²) in [7, 11) is 0. The molecule has 1 aliphatic carbocycles. The van der Waals surface area contributed by atoms with E-state index in [0.717, 1.165) is 18.6 Å². The molecule has 2 N–H and O–H groups in total. The molecule has 1 saturated carbocycles. The number of benzene rings is 1. The van der Waals surface area contributed by atoms with Crippen molar-refractivity contribution >= 4 is 0 Å². The SMILES string of the molecule is Cc1ccc(OC(C)C)c(C2(N)CCCC2)c1. The van der Waals surface area contributed by atoms with Gasteiger partial charge in [0.15, 0.2) is 0 Å². The molecule has 17 heavy (non-hydrogen) atoms. The van der Waals surface area contributed by atoms with E-state index in [2.05, 4.69) is 39.0 Å². The minimum Gasteiger partial charge on any atom is -0.491 e. The van der Waals surface area contributed by atoms with Crippen molar-refractivity contribution in [3.63, 3.8) is 0 Å². The second kappa shape index (κ2) is 4.69. The van der Waals surface area contributed by atoms with Gasteiger partial charge in [-0.25, -0.2) is 0 Å². The molecule has 0 atom stereocenters. The third-order valence-corrected chi connectivity index (χ3v) is 3.53. The van der Waals surface area contributed by atoms with Crippen molar-refractivity contribution in [1.82, 2.24) is 0 Å². The van der Waals surface area contributed by atoms with Crippen molar-refractivity contribution in [1.29, 1.82) is 0 Å². The zero-order valence-corrected chi connectivity index (χ0v) is 11.1. The van der Waals surface area contributed by atoms with Crippen molar-refractivity contribution in [3.05, 3.63) is 29.3 Å². The summed E-state index contributed by atoms with van der Waals surface area (Å²) < 4.78 is 5.90. The van der Waals surface area contributed by atoms with Crippen LogP contribution in [0.2, 0.25) is 0 Å². The first-order valence-corrected chi connectivity index (χ1v) is 6.58. The van der Waals surface area contributed by atoms with Gasteiger partial charge < -0.3 is 10.5 Å². The maximum Gasteiger partial charge on any atom is 0.124 e. The second-order valence-electron chi connectivity index (χ2n) is 5.53. The number of nitrogens with two attached hydrogens (primary N) is 1. The predicted octanol–water partition coefficient (Wildman–Crippen LogP) is 3.51. The van der Waals surface area contributed by atoms with E-state index < -0.39 is 0 Å². The summed E-state index contributed by atoms with van der Waals surface area (Å²) >= 11 is 0. The summed E-state index contributed by atoms with van der Waals surface area (Å²) in [6.07, 6.45) is 4.80. The lowest BCUT2D eigenvalue weighted by atomic mass is 9.87. The molecule has 2 rings (SSSR count). The van der Waals surface area contributed by atoms with Crippen LogP contribution in [0.15, 0.2) is 18.2 Å². The standard InChI is InChI=1S/C15H23NO/c1-11(2)17-14-7-6-12(3)10-13(14)15(16)8-4-5-9-15/h6-7,10-11H,4-5,8-9,16H2,1-3H3. The van der Waals surface area contributed by atoms with Crippen LogP contribution in [-0.2, 0) is 5.54 Å². The van der Waals surface area contributed by atoms with E-state index in [1.165, 1.54) is 24.0 Å². The first kappa shape index (κ1) is 12.4. The summed E-state index contributed by atoms with van der Waals surface area (Å²) in [5.41, 5.74) is 8.83. The summed E-state index contributed by atoms with van der Waals surface area (Å²) in [6.45, 7) is 6.23. The number of rotatable bonds is 3. The molecule has 0 radical (unpaired) electrons. The van der Waals surface area contributed by atoms with E-state index in [0.29, 0.717) is 0 Å². The van der Waals surface area contributed by atoms with Crippen LogP contribution in [0.1, 0.15) is 50.7 Å². The zero-order valence-electron chi connectivity index (χ0n) is 11.1. The largest absolute Gasteiger partial charge is 0.491 e. The van der Waals surface area contributed by atoms with E-state index in [9.17, 15) is 0 Å². The minimum atomic E-state index is -0.170. The molecular weight excluding hydrogens is 210 g/mol. The van der Waals surface area contributed by atoms with Gasteiger partial charge in [-0.2, -0.15) is 0 Å². The number of ether oxygens (including phenoxy) is 1. The molecule has 0 aromatic heterocycles. The average Bonchev–Trinajstić information content (AvgIpc) is 2.68. The van der Waals surface area contributed by atoms with Crippen LogP contribution in [-0.4, -0.2) is 6.10 Å². The quantitative estimate of drug-likeness (QED) is 0.867. The molecule has 94 valence electrons. The lowest BCUT2D eigenvalue weighted by molar-refractivity contribution is 0.234. The minimum absolute atomic E-state index is 0.170. The molecule has 2 nitrogen and oxygen atoms in total. The van der Waals surface area contributed by atoms with Gasteiger partial charge in [0.05, 0.1) is 6.10 Å². The van der Waals surface area contributed by atoms with Crippen molar-refractivity contribution < 1.29 is 4.74 Å². The molecule has 0 aliphatic heterocycles. The topological polar surface area (TPSA) is 35.2 Å². The molecule has 2 heteroatoms. The second-order valence-corrected chi connectivity index (χ2v) is 5.53. The molecule has 0 spiro atoms. The van der Waals surface area contributed by atoms with E-state index in [4.69, 9.17) is 10.5 Å². The fourth-order valence-corrected chi connectivity index (χ4v) is 2.66.